The molecule has 0 aliphatic carbocycles. The smallest absolute Gasteiger partial charge is 0.335 e. The Morgan fingerprint density at radius 1 is 1.29 bits per heavy atom. The van der Waals surface area contributed by atoms with Crippen LogP contribution in [0.15, 0.2) is 36.0 Å². The number of hydrogen-bond acceptors (Lipinski definition) is 5. The van der Waals surface area contributed by atoms with Crippen LogP contribution in [0.1, 0.15) is 10.4 Å². The summed E-state index contributed by atoms with van der Waals surface area (Å²) in [5, 5.41) is 30.7. The topological polar surface area (TPSA) is 140 Å². The number of hydrogen-bond donors (Lipinski definition) is 4. The van der Waals surface area contributed by atoms with Gasteiger partial charge in [0.2, 0.25) is 0 Å². The number of nitriles is 1. The van der Waals surface area contributed by atoms with E-state index < -0.39 is 24.4 Å². The summed E-state index contributed by atoms with van der Waals surface area (Å²) in [6.07, 6.45) is 1.07. The molecule has 4 N–H and O–H groups in total. The number of anilines is 1. The normalized spacial score (nSPS) is 10.3. The molecular formula is C13H11N3O5. The van der Waals surface area contributed by atoms with Gasteiger partial charge in [-0.05, 0) is 18.2 Å². The van der Waals surface area contributed by atoms with Crippen molar-refractivity contribution in [3.63, 3.8) is 0 Å². The van der Waals surface area contributed by atoms with E-state index >= 15 is 0 Å². The van der Waals surface area contributed by atoms with Crippen molar-refractivity contribution in [2.75, 3.05) is 11.9 Å². The maximum Gasteiger partial charge on any atom is 0.335 e. The average Bonchev–Trinajstić information content (AvgIpc) is 2.46. The monoisotopic (exact) mass is 289 g/mol. The van der Waals surface area contributed by atoms with Crippen molar-refractivity contribution in [3.8, 4) is 6.07 Å². The van der Waals surface area contributed by atoms with Crippen molar-refractivity contribution in [1.82, 2.24) is 5.32 Å². The molecule has 0 radical (unpaired) electrons. The van der Waals surface area contributed by atoms with Crippen molar-refractivity contribution in [2.24, 2.45) is 0 Å². The molecule has 8 nitrogen and oxygen atoms in total. The van der Waals surface area contributed by atoms with Gasteiger partial charge in [0.25, 0.3) is 5.91 Å². The lowest BCUT2D eigenvalue weighted by Gasteiger charge is -2.04. The zero-order chi connectivity index (χ0) is 15.8. The number of nitrogens with one attached hydrogen (secondary N) is 2. The molecule has 21 heavy (non-hydrogen) atoms. The highest BCUT2D eigenvalue weighted by Gasteiger charge is 2.10. The van der Waals surface area contributed by atoms with Gasteiger partial charge in [-0.15, -0.1) is 0 Å². The summed E-state index contributed by atoms with van der Waals surface area (Å²) >= 11 is 0. The number of carboxylic acids is 2. The Balaban J connectivity index is 2.79. The van der Waals surface area contributed by atoms with Crippen LogP contribution in [-0.4, -0.2) is 34.6 Å². The first-order valence-electron chi connectivity index (χ1n) is 5.64. The largest absolute Gasteiger partial charge is 0.480 e. The minimum absolute atomic E-state index is 0.0437. The molecule has 1 aromatic rings. The van der Waals surface area contributed by atoms with Crippen LogP contribution >= 0.6 is 0 Å². The molecular weight excluding hydrogens is 278 g/mol. The Bertz CT molecular complexity index is 645. The van der Waals surface area contributed by atoms with Crippen molar-refractivity contribution in [3.05, 3.63) is 41.6 Å². The lowest BCUT2D eigenvalue weighted by molar-refractivity contribution is -0.137. The first kappa shape index (κ1) is 15.7. The summed E-state index contributed by atoms with van der Waals surface area (Å²) in [6, 6.07) is 7.37. The third-order valence-electron chi connectivity index (χ3n) is 2.26. The van der Waals surface area contributed by atoms with Gasteiger partial charge in [0.15, 0.2) is 0 Å². The minimum atomic E-state index is -1.23. The van der Waals surface area contributed by atoms with E-state index in [-0.39, 0.29) is 11.1 Å². The summed E-state index contributed by atoms with van der Waals surface area (Å²) < 4.78 is 0. The molecule has 0 atom stereocenters. The van der Waals surface area contributed by atoms with Gasteiger partial charge in [-0.3, -0.25) is 9.59 Å². The number of aliphatic carboxylic acids is 1. The van der Waals surface area contributed by atoms with E-state index in [0.717, 1.165) is 6.20 Å². The van der Waals surface area contributed by atoms with Crippen molar-refractivity contribution in [1.29, 1.82) is 5.26 Å². The fraction of sp³-hybridized carbons (Fsp3) is 0.0769. The Labute approximate surface area is 119 Å². The summed E-state index contributed by atoms with van der Waals surface area (Å²) in [5.74, 6) is -3.19. The molecule has 0 saturated heterocycles. The number of amides is 1. The van der Waals surface area contributed by atoms with Crippen LogP contribution in [0.5, 0.6) is 0 Å². The Kier molecular flexibility index (Phi) is 5.46. The molecule has 0 unspecified atom stereocenters. The number of aromatic carboxylic acids is 1. The molecule has 0 bridgehead atoms. The molecule has 0 fully saturated rings. The molecule has 0 saturated carbocycles. The van der Waals surface area contributed by atoms with Crippen molar-refractivity contribution >= 4 is 23.5 Å². The molecule has 0 aliphatic rings. The van der Waals surface area contributed by atoms with Crippen LogP contribution in [0.3, 0.4) is 0 Å². The van der Waals surface area contributed by atoms with Gasteiger partial charge < -0.3 is 20.8 Å². The minimum Gasteiger partial charge on any atom is -0.480 e. The molecule has 0 aliphatic heterocycles. The highest BCUT2D eigenvalue weighted by molar-refractivity contribution is 5.98. The number of carboxylic acid groups (broad SMARTS) is 2. The predicted octanol–water partition coefficient (Wildman–Crippen LogP) is 0.405. The highest BCUT2D eigenvalue weighted by Crippen LogP contribution is 2.11. The Morgan fingerprint density at radius 2 is 2.00 bits per heavy atom. The van der Waals surface area contributed by atoms with Crippen LogP contribution in [0, 0.1) is 11.3 Å². The number of rotatable bonds is 6. The lowest BCUT2D eigenvalue weighted by atomic mass is 10.2. The zero-order valence-electron chi connectivity index (χ0n) is 10.7. The van der Waals surface area contributed by atoms with E-state index in [1.807, 2.05) is 5.32 Å². The van der Waals surface area contributed by atoms with E-state index in [2.05, 4.69) is 5.32 Å². The lowest BCUT2D eigenvalue weighted by Crippen LogP contribution is -2.30. The quantitative estimate of drug-likeness (QED) is 0.439. The maximum atomic E-state index is 11.5. The standard InChI is InChI=1S/C13H11N3O5/c14-5-9(12(19)16-7-11(17)18)6-15-10-3-1-2-8(4-10)13(20)21/h1-4,6,15H,7H2,(H,16,19)(H,17,18)(H,20,21)/b9-6-. The molecule has 0 heterocycles. The van der Waals surface area contributed by atoms with Crippen LogP contribution in [0.25, 0.3) is 0 Å². The fourth-order valence-electron chi connectivity index (χ4n) is 1.30. The van der Waals surface area contributed by atoms with Crippen molar-refractivity contribution < 1.29 is 24.6 Å². The second kappa shape index (κ2) is 7.30. The zero-order valence-corrected chi connectivity index (χ0v) is 10.7. The van der Waals surface area contributed by atoms with Gasteiger partial charge in [-0.1, -0.05) is 6.07 Å². The molecule has 1 rings (SSSR count). The van der Waals surface area contributed by atoms with Crippen LogP contribution in [0.2, 0.25) is 0 Å². The summed E-state index contributed by atoms with van der Waals surface area (Å²) in [4.78, 5) is 32.6. The van der Waals surface area contributed by atoms with E-state index in [0.29, 0.717) is 5.69 Å². The molecule has 8 heteroatoms. The second-order valence-corrected chi connectivity index (χ2v) is 3.78. The van der Waals surface area contributed by atoms with E-state index in [1.54, 1.807) is 12.1 Å². The number of carbonyl (C=O) groups is 3. The van der Waals surface area contributed by atoms with E-state index in [4.69, 9.17) is 15.5 Å². The SMILES string of the molecule is N#C/C(=C/Nc1cccc(C(=O)O)c1)C(=O)NCC(=O)O. The third-order valence-corrected chi connectivity index (χ3v) is 2.26. The van der Waals surface area contributed by atoms with Crippen LogP contribution in [-0.2, 0) is 9.59 Å². The molecule has 108 valence electrons. The molecule has 0 spiro atoms. The fourth-order valence-corrected chi connectivity index (χ4v) is 1.30. The first-order valence-corrected chi connectivity index (χ1v) is 5.64. The molecule has 1 aromatic carbocycles. The molecule has 1 amide bonds. The van der Waals surface area contributed by atoms with Gasteiger partial charge in [0, 0.05) is 11.9 Å². The highest BCUT2D eigenvalue weighted by atomic mass is 16.4. The maximum absolute atomic E-state index is 11.5. The van der Waals surface area contributed by atoms with Crippen molar-refractivity contribution in [2.45, 2.75) is 0 Å². The average molecular weight is 289 g/mol. The van der Waals surface area contributed by atoms with E-state index in [9.17, 15) is 14.4 Å². The van der Waals surface area contributed by atoms with E-state index in [1.165, 1.54) is 18.2 Å². The van der Waals surface area contributed by atoms with Gasteiger partial charge in [-0.25, -0.2) is 4.79 Å². The van der Waals surface area contributed by atoms with Gasteiger partial charge in [0.1, 0.15) is 18.2 Å². The summed E-state index contributed by atoms with van der Waals surface area (Å²) in [5.41, 5.74) is 0.0768. The molecule has 0 aromatic heterocycles. The van der Waals surface area contributed by atoms with Gasteiger partial charge in [-0.2, -0.15) is 5.26 Å². The Morgan fingerprint density at radius 3 is 2.57 bits per heavy atom. The summed E-state index contributed by atoms with van der Waals surface area (Å²) in [6.45, 7) is -0.605. The van der Waals surface area contributed by atoms with Gasteiger partial charge in [0.05, 0.1) is 5.56 Å². The number of benzene rings is 1. The Hall–Kier alpha value is -3.34. The van der Waals surface area contributed by atoms with Crippen LogP contribution in [0.4, 0.5) is 5.69 Å². The third kappa shape index (κ3) is 5.04. The summed E-state index contributed by atoms with van der Waals surface area (Å²) in [7, 11) is 0. The van der Waals surface area contributed by atoms with Gasteiger partial charge >= 0.3 is 11.9 Å². The number of carbonyl (C=O) groups excluding carboxylic acids is 1. The first-order chi connectivity index (χ1) is 9.93. The number of nitrogens with zero attached hydrogens (tertiary/aromatic N) is 1. The second-order valence-electron chi connectivity index (χ2n) is 3.78. The predicted molar refractivity (Wildman–Crippen MR) is 71.4 cm³/mol. The van der Waals surface area contributed by atoms with Crippen LogP contribution < -0.4 is 10.6 Å².